The van der Waals surface area contributed by atoms with Gasteiger partial charge in [-0.3, -0.25) is 4.79 Å². The number of urea groups is 1. The SMILES string of the molecule is CCC(CC)C(=O)N1CCC(N2C(=O)N(Cc3ccccc3)CC23CCOCC3)CC1. The number of nitrogens with zero attached hydrogens (tertiary/aromatic N) is 3. The van der Waals surface area contributed by atoms with Crippen LogP contribution in [0.3, 0.4) is 0 Å². The van der Waals surface area contributed by atoms with Gasteiger partial charge < -0.3 is 19.4 Å². The zero-order valence-electron chi connectivity index (χ0n) is 19.1. The quantitative estimate of drug-likeness (QED) is 0.692. The first-order valence-corrected chi connectivity index (χ1v) is 12.1. The number of likely N-dealkylation sites (tertiary alicyclic amines) is 1. The Balaban J connectivity index is 1.48. The van der Waals surface area contributed by atoms with Crippen molar-refractivity contribution in [2.45, 2.75) is 70.5 Å². The lowest BCUT2D eigenvalue weighted by atomic mass is 9.86. The predicted octanol–water partition coefficient (Wildman–Crippen LogP) is 3.90. The number of piperidine rings is 1. The fraction of sp³-hybridized carbons (Fsp3) is 0.680. The molecule has 1 aromatic carbocycles. The summed E-state index contributed by atoms with van der Waals surface area (Å²) in [6.07, 6.45) is 5.35. The van der Waals surface area contributed by atoms with E-state index in [9.17, 15) is 9.59 Å². The van der Waals surface area contributed by atoms with Crippen molar-refractivity contribution in [3.05, 3.63) is 35.9 Å². The second-order valence-electron chi connectivity index (χ2n) is 9.40. The van der Waals surface area contributed by atoms with Crippen molar-refractivity contribution in [1.82, 2.24) is 14.7 Å². The first kappa shape index (κ1) is 22.1. The molecule has 3 aliphatic rings. The number of benzene rings is 1. The molecule has 0 N–H and O–H groups in total. The topological polar surface area (TPSA) is 53.1 Å². The molecule has 1 spiro atoms. The lowest BCUT2D eigenvalue weighted by molar-refractivity contribution is -0.137. The zero-order chi connectivity index (χ0) is 21.8. The molecule has 0 aliphatic carbocycles. The second-order valence-corrected chi connectivity index (χ2v) is 9.40. The van der Waals surface area contributed by atoms with Gasteiger partial charge in [0.15, 0.2) is 0 Å². The molecule has 170 valence electrons. The van der Waals surface area contributed by atoms with Gasteiger partial charge in [-0.1, -0.05) is 44.2 Å². The summed E-state index contributed by atoms with van der Waals surface area (Å²) in [5.41, 5.74) is 1.04. The van der Waals surface area contributed by atoms with Gasteiger partial charge in [0.1, 0.15) is 0 Å². The molecule has 0 atom stereocenters. The van der Waals surface area contributed by atoms with Crippen molar-refractivity contribution >= 4 is 11.9 Å². The molecular formula is C25H37N3O3. The van der Waals surface area contributed by atoms with Crippen molar-refractivity contribution in [3.63, 3.8) is 0 Å². The number of hydrogen-bond acceptors (Lipinski definition) is 3. The normalized spacial score (nSPS) is 22.0. The van der Waals surface area contributed by atoms with E-state index in [4.69, 9.17) is 4.74 Å². The third kappa shape index (κ3) is 4.45. The third-order valence-corrected chi connectivity index (χ3v) is 7.59. The van der Waals surface area contributed by atoms with Gasteiger partial charge >= 0.3 is 6.03 Å². The summed E-state index contributed by atoms with van der Waals surface area (Å²) in [6, 6.07) is 10.6. The summed E-state index contributed by atoms with van der Waals surface area (Å²) >= 11 is 0. The molecule has 6 nitrogen and oxygen atoms in total. The Bertz CT molecular complexity index is 751. The van der Waals surface area contributed by atoms with E-state index < -0.39 is 0 Å². The monoisotopic (exact) mass is 427 g/mol. The molecule has 0 bridgehead atoms. The van der Waals surface area contributed by atoms with Crippen molar-refractivity contribution in [1.29, 1.82) is 0 Å². The van der Waals surface area contributed by atoms with E-state index in [0.29, 0.717) is 12.5 Å². The standard InChI is InChI=1S/C25H37N3O3/c1-3-21(4-2)23(29)26-14-10-22(11-15-26)28-24(30)27(18-20-8-6-5-7-9-20)19-25(28)12-16-31-17-13-25/h5-9,21-22H,3-4,10-19H2,1-2H3. The van der Waals surface area contributed by atoms with Crippen LogP contribution in [0, 0.1) is 5.92 Å². The average Bonchev–Trinajstić information content (AvgIpc) is 3.06. The first-order chi connectivity index (χ1) is 15.1. The van der Waals surface area contributed by atoms with Gasteiger partial charge in [-0.05, 0) is 44.1 Å². The summed E-state index contributed by atoms with van der Waals surface area (Å²) in [6.45, 7) is 8.58. The maximum atomic E-state index is 13.6. The smallest absolute Gasteiger partial charge is 0.321 e. The van der Waals surface area contributed by atoms with Crippen LogP contribution in [0.2, 0.25) is 0 Å². The van der Waals surface area contributed by atoms with Crippen LogP contribution in [0.1, 0.15) is 57.9 Å². The van der Waals surface area contributed by atoms with Crippen LogP contribution in [0.5, 0.6) is 0 Å². The molecule has 6 heteroatoms. The van der Waals surface area contributed by atoms with E-state index in [1.165, 1.54) is 5.56 Å². The molecule has 3 heterocycles. The molecule has 3 aliphatic heterocycles. The van der Waals surface area contributed by atoms with Crippen LogP contribution in [0.15, 0.2) is 30.3 Å². The molecule has 0 saturated carbocycles. The number of carbonyl (C=O) groups excluding carboxylic acids is 2. The van der Waals surface area contributed by atoms with Gasteiger partial charge in [-0.15, -0.1) is 0 Å². The molecule has 3 saturated heterocycles. The highest BCUT2D eigenvalue weighted by Crippen LogP contribution is 2.40. The number of amides is 3. The van der Waals surface area contributed by atoms with E-state index in [0.717, 1.165) is 71.4 Å². The van der Waals surface area contributed by atoms with Crippen LogP contribution in [0.25, 0.3) is 0 Å². The highest BCUT2D eigenvalue weighted by molar-refractivity contribution is 5.80. The van der Waals surface area contributed by atoms with E-state index in [1.807, 2.05) is 28.0 Å². The summed E-state index contributed by atoms with van der Waals surface area (Å²) in [7, 11) is 0. The Morgan fingerprint density at radius 1 is 1.10 bits per heavy atom. The minimum absolute atomic E-state index is 0.129. The molecule has 0 radical (unpaired) electrons. The second kappa shape index (κ2) is 9.60. The van der Waals surface area contributed by atoms with E-state index >= 15 is 0 Å². The Hall–Kier alpha value is -2.08. The summed E-state index contributed by atoms with van der Waals surface area (Å²) in [5, 5.41) is 0. The Morgan fingerprint density at radius 3 is 2.35 bits per heavy atom. The maximum absolute atomic E-state index is 13.6. The first-order valence-electron chi connectivity index (χ1n) is 12.1. The van der Waals surface area contributed by atoms with Crippen molar-refractivity contribution in [2.75, 3.05) is 32.8 Å². The molecule has 3 fully saturated rings. The van der Waals surface area contributed by atoms with Gasteiger partial charge in [0, 0.05) is 51.4 Å². The van der Waals surface area contributed by atoms with E-state index in [-0.39, 0.29) is 23.5 Å². The minimum Gasteiger partial charge on any atom is -0.381 e. The number of ether oxygens (including phenoxy) is 1. The molecule has 1 aromatic rings. The lowest BCUT2D eigenvalue weighted by Gasteiger charge is -2.46. The Morgan fingerprint density at radius 2 is 1.74 bits per heavy atom. The fourth-order valence-electron chi connectivity index (χ4n) is 5.72. The van der Waals surface area contributed by atoms with Crippen LogP contribution < -0.4 is 0 Å². The highest BCUT2D eigenvalue weighted by atomic mass is 16.5. The van der Waals surface area contributed by atoms with Crippen molar-refractivity contribution in [3.8, 4) is 0 Å². The third-order valence-electron chi connectivity index (χ3n) is 7.59. The molecule has 0 aromatic heterocycles. The lowest BCUT2D eigenvalue weighted by Crippen LogP contribution is -2.58. The van der Waals surface area contributed by atoms with Crippen molar-refractivity contribution < 1.29 is 14.3 Å². The van der Waals surface area contributed by atoms with Crippen LogP contribution in [0.4, 0.5) is 4.79 Å². The average molecular weight is 428 g/mol. The molecule has 3 amide bonds. The van der Waals surface area contributed by atoms with Gasteiger partial charge in [0.05, 0.1) is 5.54 Å². The molecule has 0 unspecified atom stereocenters. The van der Waals surface area contributed by atoms with Gasteiger partial charge in [-0.2, -0.15) is 0 Å². The highest BCUT2D eigenvalue weighted by Gasteiger charge is 2.53. The van der Waals surface area contributed by atoms with E-state index in [1.54, 1.807) is 0 Å². The molecule has 4 rings (SSSR count). The van der Waals surface area contributed by atoms with Crippen molar-refractivity contribution in [2.24, 2.45) is 5.92 Å². The summed E-state index contributed by atoms with van der Waals surface area (Å²) < 4.78 is 5.67. The number of carbonyl (C=O) groups is 2. The Kier molecular flexibility index (Phi) is 6.85. The predicted molar refractivity (Wildman–Crippen MR) is 121 cm³/mol. The summed E-state index contributed by atoms with van der Waals surface area (Å²) in [4.78, 5) is 32.7. The molecule has 31 heavy (non-hydrogen) atoms. The van der Waals surface area contributed by atoms with Crippen LogP contribution in [-0.2, 0) is 16.1 Å². The number of rotatable bonds is 6. The zero-order valence-corrected chi connectivity index (χ0v) is 19.1. The van der Waals surface area contributed by atoms with Gasteiger partial charge in [0.25, 0.3) is 0 Å². The van der Waals surface area contributed by atoms with Gasteiger partial charge in [0.2, 0.25) is 5.91 Å². The van der Waals surface area contributed by atoms with Crippen LogP contribution >= 0.6 is 0 Å². The number of hydrogen-bond donors (Lipinski definition) is 0. The fourth-order valence-corrected chi connectivity index (χ4v) is 5.72. The van der Waals surface area contributed by atoms with Crippen LogP contribution in [-0.4, -0.2) is 71.1 Å². The summed E-state index contributed by atoms with van der Waals surface area (Å²) in [5.74, 6) is 0.427. The van der Waals surface area contributed by atoms with E-state index in [2.05, 4.69) is 30.9 Å². The molecular weight excluding hydrogens is 390 g/mol. The largest absolute Gasteiger partial charge is 0.381 e. The maximum Gasteiger partial charge on any atom is 0.321 e. The minimum atomic E-state index is -0.129. The Labute approximate surface area is 186 Å². The van der Waals surface area contributed by atoms with Gasteiger partial charge in [-0.25, -0.2) is 4.79 Å².